The lowest BCUT2D eigenvalue weighted by Gasteiger charge is -2.35. The van der Waals surface area contributed by atoms with Crippen molar-refractivity contribution in [2.75, 3.05) is 0 Å². The maximum Gasteiger partial charge on any atom is 0.0836 e. The molecule has 0 N–H and O–H groups in total. The minimum atomic E-state index is -0.177. The summed E-state index contributed by atoms with van der Waals surface area (Å²) in [5.41, 5.74) is 16.0. The number of rotatable bonds is 3. The van der Waals surface area contributed by atoms with E-state index in [1.807, 2.05) is 0 Å². The molecular formula is C53H39N3. The Kier molecular flexibility index (Phi) is 6.44. The third-order valence-electron chi connectivity index (χ3n) is 13.1. The van der Waals surface area contributed by atoms with Crippen molar-refractivity contribution in [3.63, 3.8) is 0 Å². The zero-order valence-electron chi connectivity index (χ0n) is 31.7. The first-order valence-electron chi connectivity index (χ1n) is 19.8. The Balaban J connectivity index is 1.18. The van der Waals surface area contributed by atoms with Crippen molar-refractivity contribution >= 4 is 65.8 Å². The van der Waals surface area contributed by atoms with E-state index in [0.29, 0.717) is 0 Å². The van der Waals surface area contributed by atoms with Crippen LogP contribution in [0.2, 0.25) is 0 Å². The quantitative estimate of drug-likeness (QED) is 0.174. The van der Waals surface area contributed by atoms with Crippen molar-refractivity contribution in [3.05, 3.63) is 192 Å². The molecule has 0 saturated carbocycles. The third kappa shape index (κ3) is 4.15. The molecule has 0 radical (unpaired) electrons. The summed E-state index contributed by atoms with van der Waals surface area (Å²) in [6.07, 6.45) is 0. The molecule has 3 heteroatoms. The van der Waals surface area contributed by atoms with Crippen molar-refractivity contribution in [3.8, 4) is 16.8 Å². The van der Waals surface area contributed by atoms with Crippen LogP contribution in [0.25, 0.3) is 71.2 Å². The van der Waals surface area contributed by atoms with Gasteiger partial charge in [-0.1, -0.05) is 148 Å². The van der Waals surface area contributed by atoms with Crippen molar-refractivity contribution in [2.24, 2.45) is 4.99 Å². The molecule has 266 valence electrons. The average molecular weight is 718 g/mol. The summed E-state index contributed by atoms with van der Waals surface area (Å²) in [4.78, 5) is 5.70. The molecule has 1 aliphatic heterocycles. The highest BCUT2D eigenvalue weighted by atomic mass is 15.1. The normalized spacial score (nSPS) is 17.1. The predicted octanol–water partition coefficient (Wildman–Crippen LogP) is 13.8. The first-order valence-corrected chi connectivity index (χ1v) is 19.8. The molecular weight excluding hydrogens is 679 g/mol. The monoisotopic (exact) mass is 717 g/mol. The molecule has 0 saturated heterocycles. The summed E-state index contributed by atoms with van der Waals surface area (Å²) in [6, 6.07) is 62.8. The SMILES string of the molecule is CC1c2ccccc2N=C(c2cccc3c2C(C)(C)c2ccccc2-3)C1n1c2ccc(-n3c4ccccc4c4ccccc43)cc2c2c3ccccc3ccc21. The molecule has 10 aromatic rings. The molecule has 2 unspecified atom stereocenters. The molecule has 0 spiro atoms. The molecule has 12 rings (SSSR count). The molecule has 56 heavy (non-hydrogen) atoms. The van der Waals surface area contributed by atoms with Crippen LogP contribution in [-0.2, 0) is 5.41 Å². The van der Waals surface area contributed by atoms with Crippen LogP contribution in [0.3, 0.4) is 0 Å². The second kappa shape index (κ2) is 11.4. The Morgan fingerprint density at radius 1 is 0.518 bits per heavy atom. The molecule has 2 aliphatic rings. The van der Waals surface area contributed by atoms with Crippen LogP contribution in [0, 0.1) is 0 Å². The van der Waals surface area contributed by atoms with E-state index >= 15 is 0 Å². The number of hydrogen-bond donors (Lipinski definition) is 0. The smallest absolute Gasteiger partial charge is 0.0836 e. The zero-order chi connectivity index (χ0) is 37.3. The summed E-state index contributed by atoms with van der Waals surface area (Å²) in [5.74, 6) is 0.156. The fourth-order valence-electron chi connectivity index (χ4n) is 10.7. The highest BCUT2D eigenvalue weighted by Gasteiger charge is 2.42. The second-order valence-electron chi connectivity index (χ2n) is 16.3. The highest BCUT2D eigenvalue weighted by Crippen LogP contribution is 2.53. The molecule has 1 aliphatic carbocycles. The fourth-order valence-corrected chi connectivity index (χ4v) is 10.7. The van der Waals surface area contributed by atoms with E-state index in [1.165, 1.54) is 93.5 Å². The van der Waals surface area contributed by atoms with Gasteiger partial charge >= 0.3 is 0 Å². The highest BCUT2D eigenvalue weighted by molar-refractivity contribution is 6.22. The second-order valence-corrected chi connectivity index (χ2v) is 16.3. The molecule has 2 aromatic heterocycles. The van der Waals surface area contributed by atoms with Crippen molar-refractivity contribution < 1.29 is 0 Å². The summed E-state index contributed by atoms with van der Waals surface area (Å²) in [6.45, 7) is 7.19. The van der Waals surface area contributed by atoms with E-state index in [9.17, 15) is 0 Å². The minimum Gasteiger partial charge on any atom is -0.331 e. The van der Waals surface area contributed by atoms with Gasteiger partial charge in [-0.25, -0.2) is 0 Å². The lowest BCUT2D eigenvalue weighted by molar-refractivity contribution is 0.564. The van der Waals surface area contributed by atoms with Crippen LogP contribution in [0.15, 0.2) is 175 Å². The number of fused-ring (bicyclic) bond motifs is 12. The van der Waals surface area contributed by atoms with Crippen LogP contribution < -0.4 is 0 Å². The Hall–Kier alpha value is -6.71. The number of hydrogen-bond acceptors (Lipinski definition) is 1. The van der Waals surface area contributed by atoms with E-state index in [4.69, 9.17) is 4.99 Å². The first-order chi connectivity index (χ1) is 27.5. The molecule has 0 fully saturated rings. The third-order valence-corrected chi connectivity index (χ3v) is 13.1. The maximum absolute atomic E-state index is 5.70. The average Bonchev–Trinajstić information content (AvgIpc) is 3.84. The van der Waals surface area contributed by atoms with Gasteiger partial charge in [-0.3, -0.25) is 4.99 Å². The summed E-state index contributed by atoms with van der Waals surface area (Å²) in [5, 5.41) is 7.61. The largest absolute Gasteiger partial charge is 0.331 e. The van der Waals surface area contributed by atoms with Gasteiger partial charge in [-0.15, -0.1) is 0 Å². The van der Waals surface area contributed by atoms with E-state index in [2.05, 4.69) is 200 Å². The van der Waals surface area contributed by atoms with Gasteiger partial charge in [0.2, 0.25) is 0 Å². The Morgan fingerprint density at radius 2 is 1.16 bits per heavy atom. The van der Waals surface area contributed by atoms with E-state index in [1.54, 1.807) is 0 Å². The Labute approximate surface area is 325 Å². The number of aliphatic imine (C=N–C) groups is 1. The first kappa shape index (κ1) is 31.6. The van der Waals surface area contributed by atoms with E-state index in [-0.39, 0.29) is 17.4 Å². The van der Waals surface area contributed by atoms with Crippen LogP contribution in [0.1, 0.15) is 55.0 Å². The molecule has 3 nitrogen and oxygen atoms in total. The summed E-state index contributed by atoms with van der Waals surface area (Å²) in [7, 11) is 0. The lowest BCUT2D eigenvalue weighted by Crippen LogP contribution is -2.30. The van der Waals surface area contributed by atoms with Crippen LogP contribution in [0.4, 0.5) is 5.69 Å². The van der Waals surface area contributed by atoms with Gasteiger partial charge in [0.05, 0.1) is 34.0 Å². The van der Waals surface area contributed by atoms with E-state index < -0.39 is 0 Å². The standard InChI is InChI=1S/C53H39N3/c1-32-35-16-7-11-24-44(35)54-51(41-22-14-21-40-37-18-6-10-23-43(37)53(2,3)50(40)41)52(32)56-47-30-28-34(31-42(47)49-36-17-5-4-15-33(36)27-29-48(49)56)55-45-25-12-8-19-38(45)39-20-9-13-26-46(39)55/h4-32,52H,1-3H3. The Bertz CT molecular complexity index is 3260. The van der Waals surface area contributed by atoms with Crippen LogP contribution in [-0.4, -0.2) is 14.8 Å². The van der Waals surface area contributed by atoms with Gasteiger partial charge in [-0.2, -0.15) is 0 Å². The van der Waals surface area contributed by atoms with Gasteiger partial charge < -0.3 is 9.13 Å². The minimum absolute atomic E-state index is 0.0591. The van der Waals surface area contributed by atoms with Crippen LogP contribution in [0.5, 0.6) is 0 Å². The van der Waals surface area contributed by atoms with Crippen molar-refractivity contribution in [1.29, 1.82) is 0 Å². The van der Waals surface area contributed by atoms with Gasteiger partial charge in [0.25, 0.3) is 0 Å². The fraction of sp³-hybridized carbons (Fsp3) is 0.113. The lowest BCUT2D eigenvalue weighted by atomic mass is 9.76. The Morgan fingerprint density at radius 3 is 1.98 bits per heavy atom. The summed E-state index contributed by atoms with van der Waals surface area (Å²) < 4.78 is 5.08. The number of nitrogens with zero attached hydrogens (tertiary/aromatic N) is 3. The number of para-hydroxylation sites is 3. The van der Waals surface area contributed by atoms with Crippen molar-refractivity contribution in [2.45, 2.75) is 38.1 Å². The van der Waals surface area contributed by atoms with Gasteiger partial charge in [0, 0.05) is 49.6 Å². The van der Waals surface area contributed by atoms with Gasteiger partial charge in [0.1, 0.15) is 0 Å². The van der Waals surface area contributed by atoms with Gasteiger partial charge in [0.15, 0.2) is 0 Å². The van der Waals surface area contributed by atoms with Crippen LogP contribution >= 0.6 is 0 Å². The summed E-state index contributed by atoms with van der Waals surface area (Å²) >= 11 is 0. The maximum atomic E-state index is 5.70. The molecule has 8 aromatic carbocycles. The molecule has 3 heterocycles. The van der Waals surface area contributed by atoms with E-state index in [0.717, 1.165) is 11.4 Å². The molecule has 0 amide bonds. The predicted molar refractivity (Wildman–Crippen MR) is 235 cm³/mol. The number of benzene rings is 8. The van der Waals surface area contributed by atoms with Gasteiger partial charge in [-0.05, 0) is 81.1 Å². The topological polar surface area (TPSA) is 22.2 Å². The zero-order valence-corrected chi connectivity index (χ0v) is 31.7. The molecule has 2 atom stereocenters. The van der Waals surface area contributed by atoms with Crippen molar-refractivity contribution in [1.82, 2.24) is 9.13 Å². The number of aromatic nitrogens is 2. The molecule has 0 bridgehead atoms.